The zero-order chi connectivity index (χ0) is 17.8. The van der Waals surface area contributed by atoms with Crippen LogP contribution in [0.5, 0.6) is 0 Å². The van der Waals surface area contributed by atoms with Gasteiger partial charge in [0.2, 0.25) is 0 Å². The average molecular weight is 351 g/mol. The number of benzene rings is 1. The van der Waals surface area contributed by atoms with E-state index in [0.29, 0.717) is 13.1 Å². The van der Waals surface area contributed by atoms with Crippen LogP contribution in [0.15, 0.2) is 42.7 Å². The van der Waals surface area contributed by atoms with Crippen LogP contribution in [-0.2, 0) is 24.1 Å². The Hall–Kier alpha value is -2.40. The fraction of sp³-hybridized carbons (Fsp3) is 0.429. The van der Waals surface area contributed by atoms with Gasteiger partial charge in [-0.05, 0) is 67.0 Å². The minimum atomic E-state index is -0.0578. The number of fused-ring (bicyclic) bond motifs is 1. The summed E-state index contributed by atoms with van der Waals surface area (Å²) in [6, 6.07) is 10.1. The number of anilines is 1. The standard InChI is InChI=1S/C21H25N3O2/c25-21(23-20-8-2-5-17-4-1-7-19(17)20)24(15-18-6-3-13-26-18)14-16-9-11-22-12-10-16/h2,5,8-12,18H,1,3-4,6-7,13-15H2,(H,23,25). The van der Waals surface area contributed by atoms with Crippen molar-refractivity contribution in [1.29, 1.82) is 0 Å². The van der Waals surface area contributed by atoms with Gasteiger partial charge in [0.25, 0.3) is 0 Å². The quantitative estimate of drug-likeness (QED) is 0.892. The van der Waals surface area contributed by atoms with Gasteiger partial charge in [-0.25, -0.2) is 4.79 Å². The number of aryl methyl sites for hydroxylation is 1. The summed E-state index contributed by atoms with van der Waals surface area (Å²) in [6.45, 7) is 1.97. The molecule has 5 heteroatoms. The van der Waals surface area contributed by atoms with Gasteiger partial charge >= 0.3 is 6.03 Å². The van der Waals surface area contributed by atoms with Gasteiger partial charge in [0.15, 0.2) is 0 Å². The molecule has 1 aliphatic carbocycles. The van der Waals surface area contributed by atoms with Gasteiger partial charge in [-0.3, -0.25) is 4.98 Å². The molecule has 26 heavy (non-hydrogen) atoms. The summed E-state index contributed by atoms with van der Waals surface area (Å²) in [6.07, 6.45) is 9.06. The molecule has 2 aromatic rings. The number of ether oxygens (including phenoxy) is 1. The second-order valence-electron chi connectivity index (χ2n) is 7.10. The number of carbonyl (C=O) groups excluding carboxylic acids is 1. The van der Waals surface area contributed by atoms with Crippen LogP contribution in [-0.4, -0.2) is 35.2 Å². The Morgan fingerprint density at radius 2 is 2.08 bits per heavy atom. The Bertz CT molecular complexity index is 757. The summed E-state index contributed by atoms with van der Waals surface area (Å²) >= 11 is 0. The van der Waals surface area contributed by atoms with Gasteiger partial charge in [0.1, 0.15) is 0 Å². The number of carbonyl (C=O) groups is 1. The molecule has 2 aliphatic rings. The first-order valence-corrected chi connectivity index (χ1v) is 9.47. The van der Waals surface area contributed by atoms with E-state index >= 15 is 0 Å². The highest BCUT2D eigenvalue weighted by Crippen LogP contribution is 2.29. The molecule has 1 aromatic carbocycles. The van der Waals surface area contributed by atoms with E-state index in [2.05, 4.69) is 16.4 Å². The number of urea groups is 1. The lowest BCUT2D eigenvalue weighted by atomic mass is 10.1. The van der Waals surface area contributed by atoms with Crippen LogP contribution in [0.25, 0.3) is 0 Å². The van der Waals surface area contributed by atoms with E-state index in [9.17, 15) is 4.79 Å². The molecule has 2 amide bonds. The topological polar surface area (TPSA) is 54.5 Å². The summed E-state index contributed by atoms with van der Waals surface area (Å²) in [7, 11) is 0. The van der Waals surface area contributed by atoms with Crippen molar-refractivity contribution in [2.75, 3.05) is 18.5 Å². The van der Waals surface area contributed by atoms with Crippen LogP contribution in [0.2, 0.25) is 0 Å². The maximum absolute atomic E-state index is 13.0. The molecule has 136 valence electrons. The van der Waals surface area contributed by atoms with Crippen molar-refractivity contribution in [3.05, 3.63) is 59.4 Å². The third-order valence-corrected chi connectivity index (χ3v) is 5.25. The van der Waals surface area contributed by atoms with Gasteiger partial charge in [-0.2, -0.15) is 0 Å². The van der Waals surface area contributed by atoms with Gasteiger partial charge in [0, 0.05) is 37.8 Å². The van der Waals surface area contributed by atoms with Crippen molar-refractivity contribution >= 4 is 11.7 Å². The number of nitrogens with zero attached hydrogens (tertiary/aromatic N) is 2. The Morgan fingerprint density at radius 1 is 1.19 bits per heavy atom. The largest absolute Gasteiger partial charge is 0.376 e. The second-order valence-corrected chi connectivity index (χ2v) is 7.10. The molecule has 2 heterocycles. The molecular formula is C21H25N3O2. The molecule has 0 bridgehead atoms. The average Bonchev–Trinajstić information content (AvgIpc) is 3.34. The molecule has 1 atom stereocenters. The summed E-state index contributed by atoms with van der Waals surface area (Å²) in [4.78, 5) is 19.0. The number of aromatic nitrogens is 1. The monoisotopic (exact) mass is 351 g/mol. The number of amides is 2. The van der Waals surface area contributed by atoms with E-state index in [1.54, 1.807) is 12.4 Å². The van der Waals surface area contributed by atoms with Crippen molar-refractivity contribution in [2.45, 2.75) is 44.8 Å². The predicted molar refractivity (Wildman–Crippen MR) is 101 cm³/mol. The van der Waals surface area contributed by atoms with Crippen LogP contribution in [0, 0.1) is 0 Å². The fourth-order valence-electron chi connectivity index (χ4n) is 3.89. The third kappa shape index (κ3) is 3.88. The number of nitrogens with one attached hydrogen (secondary N) is 1. The summed E-state index contributed by atoms with van der Waals surface area (Å²) in [5, 5.41) is 3.15. The molecule has 1 N–H and O–H groups in total. The first kappa shape index (κ1) is 17.0. The molecule has 4 rings (SSSR count). The molecule has 1 unspecified atom stereocenters. The van der Waals surface area contributed by atoms with Gasteiger partial charge in [0.05, 0.1) is 6.10 Å². The lowest BCUT2D eigenvalue weighted by Gasteiger charge is -2.26. The minimum Gasteiger partial charge on any atom is -0.376 e. The Balaban J connectivity index is 1.50. The number of hydrogen-bond acceptors (Lipinski definition) is 3. The van der Waals surface area contributed by atoms with Crippen molar-refractivity contribution in [1.82, 2.24) is 9.88 Å². The molecule has 5 nitrogen and oxygen atoms in total. The Kier molecular flexibility index (Phi) is 5.16. The van der Waals surface area contributed by atoms with Gasteiger partial charge in [-0.1, -0.05) is 12.1 Å². The third-order valence-electron chi connectivity index (χ3n) is 5.25. The van der Waals surface area contributed by atoms with Crippen LogP contribution in [0.4, 0.5) is 10.5 Å². The molecule has 1 saturated heterocycles. The Labute approximate surface area is 154 Å². The van der Waals surface area contributed by atoms with E-state index in [4.69, 9.17) is 4.74 Å². The van der Waals surface area contributed by atoms with E-state index < -0.39 is 0 Å². The van der Waals surface area contributed by atoms with Crippen molar-refractivity contribution in [2.24, 2.45) is 0 Å². The maximum atomic E-state index is 13.0. The SMILES string of the molecule is O=C(Nc1cccc2c1CCC2)N(Cc1ccncc1)CC1CCCO1. The molecule has 0 saturated carbocycles. The zero-order valence-corrected chi connectivity index (χ0v) is 15.0. The van der Waals surface area contributed by atoms with Crippen molar-refractivity contribution < 1.29 is 9.53 Å². The summed E-state index contributed by atoms with van der Waals surface area (Å²) in [5.41, 5.74) is 4.69. The minimum absolute atomic E-state index is 0.0578. The molecule has 1 fully saturated rings. The highest BCUT2D eigenvalue weighted by Gasteiger charge is 2.24. The zero-order valence-electron chi connectivity index (χ0n) is 15.0. The normalized spacial score (nSPS) is 18.5. The van der Waals surface area contributed by atoms with E-state index in [-0.39, 0.29) is 12.1 Å². The summed E-state index contributed by atoms with van der Waals surface area (Å²) < 4.78 is 5.76. The number of hydrogen-bond donors (Lipinski definition) is 1. The van der Waals surface area contributed by atoms with E-state index in [1.165, 1.54) is 17.5 Å². The van der Waals surface area contributed by atoms with Crippen molar-refractivity contribution in [3.63, 3.8) is 0 Å². The second kappa shape index (κ2) is 7.87. The smallest absolute Gasteiger partial charge is 0.322 e. The predicted octanol–water partition coefficient (Wildman–Crippen LogP) is 3.78. The van der Waals surface area contributed by atoms with Gasteiger partial charge < -0.3 is 15.0 Å². The highest BCUT2D eigenvalue weighted by atomic mass is 16.5. The Morgan fingerprint density at radius 3 is 2.88 bits per heavy atom. The van der Waals surface area contributed by atoms with Crippen LogP contribution >= 0.6 is 0 Å². The highest BCUT2D eigenvalue weighted by molar-refractivity contribution is 5.90. The maximum Gasteiger partial charge on any atom is 0.322 e. The van der Waals surface area contributed by atoms with Crippen molar-refractivity contribution in [3.8, 4) is 0 Å². The van der Waals surface area contributed by atoms with Crippen LogP contribution in [0.1, 0.15) is 36.0 Å². The van der Waals surface area contributed by atoms with E-state index in [0.717, 1.165) is 43.5 Å². The lowest BCUT2D eigenvalue weighted by Crippen LogP contribution is -2.39. The lowest BCUT2D eigenvalue weighted by molar-refractivity contribution is 0.0819. The van der Waals surface area contributed by atoms with E-state index in [1.807, 2.05) is 29.2 Å². The van der Waals surface area contributed by atoms with Crippen LogP contribution < -0.4 is 5.32 Å². The molecular weight excluding hydrogens is 326 g/mol. The molecule has 1 aliphatic heterocycles. The van der Waals surface area contributed by atoms with Gasteiger partial charge in [-0.15, -0.1) is 0 Å². The fourth-order valence-corrected chi connectivity index (χ4v) is 3.89. The number of rotatable bonds is 5. The first-order chi connectivity index (χ1) is 12.8. The summed E-state index contributed by atoms with van der Waals surface area (Å²) in [5.74, 6) is 0. The number of pyridine rings is 1. The molecule has 1 aromatic heterocycles. The molecule has 0 radical (unpaired) electrons. The first-order valence-electron chi connectivity index (χ1n) is 9.47. The van der Waals surface area contributed by atoms with Crippen LogP contribution in [0.3, 0.4) is 0 Å². The molecule has 0 spiro atoms.